The molecule has 2 heterocycles. The molecule has 3 rings (SSSR count). The summed E-state index contributed by atoms with van der Waals surface area (Å²) in [5.41, 5.74) is 0.984. The van der Waals surface area contributed by atoms with Crippen molar-refractivity contribution in [3.05, 3.63) is 47.5 Å². The van der Waals surface area contributed by atoms with Crippen molar-refractivity contribution in [2.45, 2.75) is 18.9 Å². The zero-order valence-corrected chi connectivity index (χ0v) is 13.0. The van der Waals surface area contributed by atoms with E-state index in [2.05, 4.69) is 10.3 Å². The first-order valence-corrected chi connectivity index (χ1v) is 8.06. The van der Waals surface area contributed by atoms with E-state index in [0.717, 1.165) is 5.56 Å². The molecule has 0 bridgehead atoms. The van der Waals surface area contributed by atoms with Crippen LogP contribution in [0.2, 0.25) is 0 Å². The number of carbonyl (C=O) groups excluding carboxylic acids is 2. The highest BCUT2D eigenvalue weighted by molar-refractivity contribution is 7.13. The Morgan fingerprint density at radius 1 is 1.36 bits per heavy atom. The van der Waals surface area contributed by atoms with Crippen LogP contribution in [-0.2, 0) is 9.59 Å². The molecule has 1 N–H and O–H groups in total. The third kappa shape index (κ3) is 2.87. The Hall–Kier alpha value is -2.21. The first-order chi connectivity index (χ1) is 10.7. The number of anilines is 1. The molecule has 1 saturated heterocycles. The van der Waals surface area contributed by atoms with Gasteiger partial charge in [-0.15, -0.1) is 11.3 Å². The number of rotatable bonds is 3. The van der Waals surface area contributed by atoms with E-state index in [1.54, 1.807) is 18.1 Å². The molecule has 2 atom stereocenters. The standard InChI is InChI=1S/C16H17N3O2S/c1-19-13(20)8-7-12(14(19)11-5-3-2-4-6-11)15(21)18-16-17-9-10-22-16/h2-6,9-10,12,14H,7-8H2,1H3,(H,17,18,21)/t12-,14+/m0/s1. The van der Waals surface area contributed by atoms with Crippen LogP contribution in [0.4, 0.5) is 5.13 Å². The number of aromatic nitrogens is 1. The van der Waals surface area contributed by atoms with Crippen LogP contribution in [-0.4, -0.2) is 28.7 Å². The average molecular weight is 315 g/mol. The molecule has 1 aromatic heterocycles. The summed E-state index contributed by atoms with van der Waals surface area (Å²) in [4.78, 5) is 30.4. The van der Waals surface area contributed by atoms with Crippen molar-refractivity contribution >= 4 is 28.3 Å². The molecule has 0 saturated carbocycles. The zero-order chi connectivity index (χ0) is 15.5. The Labute approximate surface area is 133 Å². The van der Waals surface area contributed by atoms with Crippen LogP contribution in [0.3, 0.4) is 0 Å². The maximum atomic E-state index is 12.6. The van der Waals surface area contributed by atoms with Gasteiger partial charge in [0.1, 0.15) is 0 Å². The molecule has 0 radical (unpaired) electrons. The number of benzene rings is 1. The number of nitrogens with one attached hydrogen (secondary N) is 1. The number of hydrogen-bond donors (Lipinski definition) is 1. The fourth-order valence-corrected chi connectivity index (χ4v) is 3.43. The predicted molar refractivity (Wildman–Crippen MR) is 85.4 cm³/mol. The number of nitrogens with zero attached hydrogens (tertiary/aromatic N) is 2. The van der Waals surface area contributed by atoms with Crippen LogP contribution >= 0.6 is 11.3 Å². The van der Waals surface area contributed by atoms with Crippen molar-refractivity contribution in [1.82, 2.24) is 9.88 Å². The van der Waals surface area contributed by atoms with Crippen molar-refractivity contribution in [2.24, 2.45) is 5.92 Å². The smallest absolute Gasteiger partial charge is 0.231 e. The fourth-order valence-electron chi connectivity index (χ4n) is 2.90. The van der Waals surface area contributed by atoms with Gasteiger partial charge < -0.3 is 10.2 Å². The van der Waals surface area contributed by atoms with Crippen LogP contribution in [0.1, 0.15) is 24.4 Å². The largest absolute Gasteiger partial charge is 0.338 e. The molecular weight excluding hydrogens is 298 g/mol. The molecule has 2 aromatic rings. The average Bonchev–Trinajstić information content (AvgIpc) is 3.03. The van der Waals surface area contributed by atoms with Crippen molar-refractivity contribution in [3.63, 3.8) is 0 Å². The number of thiazole rings is 1. The van der Waals surface area contributed by atoms with Crippen molar-refractivity contribution < 1.29 is 9.59 Å². The summed E-state index contributed by atoms with van der Waals surface area (Å²) >= 11 is 1.39. The molecule has 1 fully saturated rings. The van der Waals surface area contributed by atoms with E-state index in [1.165, 1.54) is 11.3 Å². The molecule has 114 valence electrons. The molecule has 1 aromatic carbocycles. The molecule has 5 nitrogen and oxygen atoms in total. The van der Waals surface area contributed by atoms with Gasteiger partial charge in [-0.25, -0.2) is 4.98 Å². The highest BCUT2D eigenvalue weighted by Gasteiger charge is 2.38. The minimum atomic E-state index is -0.269. The molecular formula is C16H17N3O2S. The highest BCUT2D eigenvalue weighted by atomic mass is 32.1. The topological polar surface area (TPSA) is 62.3 Å². The summed E-state index contributed by atoms with van der Waals surface area (Å²) in [6, 6.07) is 9.48. The van der Waals surface area contributed by atoms with Crippen LogP contribution in [0.15, 0.2) is 41.9 Å². The minimum Gasteiger partial charge on any atom is -0.338 e. The second-order valence-electron chi connectivity index (χ2n) is 5.33. The van der Waals surface area contributed by atoms with E-state index in [-0.39, 0.29) is 23.8 Å². The second-order valence-corrected chi connectivity index (χ2v) is 6.23. The van der Waals surface area contributed by atoms with E-state index in [9.17, 15) is 9.59 Å². The van der Waals surface area contributed by atoms with Gasteiger partial charge in [0, 0.05) is 25.0 Å². The molecule has 6 heteroatoms. The summed E-state index contributed by atoms with van der Waals surface area (Å²) in [7, 11) is 1.77. The number of hydrogen-bond acceptors (Lipinski definition) is 4. The molecule has 2 amide bonds. The van der Waals surface area contributed by atoms with Crippen LogP contribution in [0.25, 0.3) is 0 Å². The second kappa shape index (κ2) is 6.27. The third-order valence-electron chi connectivity index (χ3n) is 4.00. The summed E-state index contributed by atoms with van der Waals surface area (Å²) in [6.07, 6.45) is 2.61. The van der Waals surface area contributed by atoms with Gasteiger partial charge in [0.25, 0.3) is 0 Å². The Morgan fingerprint density at radius 2 is 2.14 bits per heavy atom. The Bertz CT molecular complexity index is 657. The van der Waals surface area contributed by atoms with E-state index in [1.807, 2.05) is 35.7 Å². The fraction of sp³-hybridized carbons (Fsp3) is 0.312. The van der Waals surface area contributed by atoms with Gasteiger partial charge in [-0.05, 0) is 12.0 Å². The summed E-state index contributed by atoms with van der Waals surface area (Å²) < 4.78 is 0. The Kier molecular flexibility index (Phi) is 4.20. The van der Waals surface area contributed by atoms with Gasteiger partial charge in [0.2, 0.25) is 11.8 Å². The van der Waals surface area contributed by atoms with Crippen LogP contribution in [0.5, 0.6) is 0 Å². The molecule has 0 spiro atoms. The number of piperidine rings is 1. The maximum absolute atomic E-state index is 12.6. The quantitative estimate of drug-likeness (QED) is 0.947. The lowest BCUT2D eigenvalue weighted by Gasteiger charge is -2.38. The Balaban J connectivity index is 1.87. The van der Waals surface area contributed by atoms with Gasteiger partial charge in [-0.2, -0.15) is 0 Å². The van der Waals surface area contributed by atoms with Crippen LogP contribution < -0.4 is 5.32 Å². The monoisotopic (exact) mass is 315 g/mol. The maximum Gasteiger partial charge on any atom is 0.231 e. The van der Waals surface area contributed by atoms with E-state index >= 15 is 0 Å². The summed E-state index contributed by atoms with van der Waals surface area (Å²) in [6.45, 7) is 0. The molecule has 0 aliphatic carbocycles. The number of amides is 2. The van der Waals surface area contributed by atoms with Gasteiger partial charge >= 0.3 is 0 Å². The predicted octanol–water partition coefficient (Wildman–Crippen LogP) is 2.69. The molecule has 0 unspecified atom stereocenters. The van der Waals surface area contributed by atoms with Crippen molar-refractivity contribution in [1.29, 1.82) is 0 Å². The number of likely N-dealkylation sites (tertiary alicyclic amines) is 1. The third-order valence-corrected chi connectivity index (χ3v) is 4.69. The minimum absolute atomic E-state index is 0.0761. The van der Waals surface area contributed by atoms with Gasteiger partial charge in [0.05, 0.1) is 12.0 Å². The number of carbonyl (C=O) groups is 2. The first kappa shape index (κ1) is 14.7. The van der Waals surface area contributed by atoms with Gasteiger partial charge in [-0.3, -0.25) is 9.59 Å². The van der Waals surface area contributed by atoms with Crippen LogP contribution in [0, 0.1) is 5.92 Å². The lowest BCUT2D eigenvalue weighted by atomic mass is 9.84. The Morgan fingerprint density at radius 3 is 2.82 bits per heavy atom. The van der Waals surface area contributed by atoms with E-state index in [0.29, 0.717) is 18.0 Å². The normalized spacial score (nSPS) is 21.7. The summed E-state index contributed by atoms with van der Waals surface area (Å²) in [5, 5.41) is 5.27. The first-order valence-electron chi connectivity index (χ1n) is 7.18. The van der Waals surface area contributed by atoms with Crippen molar-refractivity contribution in [2.75, 3.05) is 12.4 Å². The van der Waals surface area contributed by atoms with E-state index in [4.69, 9.17) is 0 Å². The highest BCUT2D eigenvalue weighted by Crippen LogP contribution is 2.36. The lowest BCUT2D eigenvalue weighted by molar-refractivity contribution is -0.140. The molecule has 1 aliphatic heterocycles. The lowest BCUT2D eigenvalue weighted by Crippen LogP contribution is -2.44. The SMILES string of the molecule is CN1C(=O)CC[C@H](C(=O)Nc2nccs2)[C@H]1c1ccccc1. The van der Waals surface area contributed by atoms with E-state index < -0.39 is 0 Å². The molecule has 22 heavy (non-hydrogen) atoms. The van der Waals surface area contributed by atoms with Crippen molar-refractivity contribution in [3.8, 4) is 0 Å². The summed E-state index contributed by atoms with van der Waals surface area (Å²) in [5.74, 6) is -0.274. The molecule has 1 aliphatic rings. The van der Waals surface area contributed by atoms with Gasteiger partial charge in [0.15, 0.2) is 5.13 Å². The van der Waals surface area contributed by atoms with Gasteiger partial charge in [-0.1, -0.05) is 30.3 Å². The zero-order valence-electron chi connectivity index (χ0n) is 12.2.